The SMILES string of the molecule is C=C(C)C(=O)OC1CCC(C)OC1. The molecule has 0 N–H and O–H groups in total. The molecule has 0 aromatic carbocycles. The molecule has 1 fully saturated rings. The Labute approximate surface area is 78.7 Å². The zero-order valence-corrected chi connectivity index (χ0v) is 8.21. The van der Waals surface area contributed by atoms with Crippen molar-refractivity contribution in [2.24, 2.45) is 0 Å². The van der Waals surface area contributed by atoms with Crippen LogP contribution in [0.1, 0.15) is 26.7 Å². The molecule has 1 rings (SSSR count). The summed E-state index contributed by atoms with van der Waals surface area (Å²) in [7, 11) is 0. The van der Waals surface area contributed by atoms with Gasteiger partial charge in [-0.15, -0.1) is 0 Å². The van der Waals surface area contributed by atoms with Gasteiger partial charge in [-0.1, -0.05) is 6.58 Å². The van der Waals surface area contributed by atoms with Gasteiger partial charge in [-0.2, -0.15) is 0 Å². The van der Waals surface area contributed by atoms with E-state index in [4.69, 9.17) is 9.47 Å². The highest BCUT2D eigenvalue weighted by Gasteiger charge is 2.21. The van der Waals surface area contributed by atoms with Crippen LogP contribution in [-0.4, -0.2) is 24.8 Å². The van der Waals surface area contributed by atoms with Crippen LogP contribution >= 0.6 is 0 Å². The number of hydrogen-bond acceptors (Lipinski definition) is 3. The lowest BCUT2D eigenvalue weighted by atomic mass is 10.1. The minimum atomic E-state index is -0.317. The molecule has 0 aliphatic carbocycles. The Bertz CT molecular complexity index is 202. The second-order valence-corrected chi connectivity index (χ2v) is 3.53. The Morgan fingerprint density at radius 3 is 2.69 bits per heavy atom. The Morgan fingerprint density at radius 1 is 1.54 bits per heavy atom. The highest BCUT2D eigenvalue weighted by Crippen LogP contribution is 2.16. The van der Waals surface area contributed by atoms with Gasteiger partial charge in [-0.3, -0.25) is 0 Å². The molecular weight excluding hydrogens is 168 g/mol. The number of carbonyl (C=O) groups is 1. The number of esters is 1. The van der Waals surface area contributed by atoms with Crippen molar-refractivity contribution in [1.82, 2.24) is 0 Å². The van der Waals surface area contributed by atoms with Crippen molar-refractivity contribution in [1.29, 1.82) is 0 Å². The van der Waals surface area contributed by atoms with Crippen LogP contribution in [0.5, 0.6) is 0 Å². The van der Waals surface area contributed by atoms with E-state index in [0.29, 0.717) is 18.3 Å². The number of ether oxygens (including phenoxy) is 2. The molecule has 0 radical (unpaired) electrons. The van der Waals surface area contributed by atoms with E-state index in [-0.39, 0.29) is 12.1 Å². The summed E-state index contributed by atoms with van der Waals surface area (Å²) in [5, 5.41) is 0. The lowest BCUT2D eigenvalue weighted by Crippen LogP contribution is -2.31. The Balaban J connectivity index is 2.30. The van der Waals surface area contributed by atoms with Crippen LogP contribution in [0, 0.1) is 0 Å². The van der Waals surface area contributed by atoms with Crippen molar-refractivity contribution in [3.05, 3.63) is 12.2 Å². The van der Waals surface area contributed by atoms with E-state index in [1.165, 1.54) is 0 Å². The standard InChI is InChI=1S/C10H16O3/c1-7(2)10(11)13-9-5-4-8(3)12-6-9/h8-9H,1,4-6H2,2-3H3. The topological polar surface area (TPSA) is 35.5 Å². The summed E-state index contributed by atoms with van der Waals surface area (Å²) in [5.74, 6) is -0.317. The second-order valence-electron chi connectivity index (χ2n) is 3.53. The van der Waals surface area contributed by atoms with E-state index < -0.39 is 0 Å². The first-order valence-corrected chi connectivity index (χ1v) is 4.57. The molecule has 2 unspecified atom stereocenters. The van der Waals surface area contributed by atoms with Gasteiger partial charge in [0.25, 0.3) is 0 Å². The molecule has 1 heterocycles. The lowest BCUT2D eigenvalue weighted by Gasteiger charge is -2.26. The van der Waals surface area contributed by atoms with Crippen LogP contribution in [0.4, 0.5) is 0 Å². The zero-order valence-electron chi connectivity index (χ0n) is 8.21. The van der Waals surface area contributed by atoms with Gasteiger partial charge in [0.2, 0.25) is 0 Å². The van der Waals surface area contributed by atoms with Crippen molar-refractivity contribution in [2.45, 2.75) is 38.9 Å². The van der Waals surface area contributed by atoms with Crippen molar-refractivity contribution in [3.63, 3.8) is 0 Å². The molecule has 0 aromatic rings. The first-order valence-electron chi connectivity index (χ1n) is 4.57. The molecule has 74 valence electrons. The molecule has 2 atom stereocenters. The van der Waals surface area contributed by atoms with E-state index in [0.717, 1.165) is 12.8 Å². The molecule has 0 saturated carbocycles. The third-order valence-electron chi connectivity index (χ3n) is 2.08. The minimum absolute atomic E-state index is 0.0830. The first kappa shape index (κ1) is 10.3. The fourth-order valence-electron chi connectivity index (χ4n) is 1.20. The van der Waals surface area contributed by atoms with Gasteiger partial charge in [0, 0.05) is 5.57 Å². The molecule has 1 saturated heterocycles. The summed E-state index contributed by atoms with van der Waals surface area (Å²) in [6.07, 6.45) is 2.05. The van der Waals surface area contributed by atoms with E-state index >= 15 is 0 Å². The van der Waals surface area contributed by atoms with Gasteiger partial charge in [-0.05, 0) is 26.7 Å². The van der Waals surface area contributed by atoms with Crippen molar-refractivity contribution in [2.75, 3.05) is 6.61 Å². The van der Waals surface area contributed by atoms with Gasteiger partial charge in [0.1, 0.15) is 6.10 Å². The summed E-state index contributed by atoms with van der Waals surface area (Å²) >= 11 is 0. The van der Waals surface area contributed by atoms with E-state index in [1.54, 1.807) is 6.92 Å². The van der Waals surface area contributed by atoms with Gasteiger partial charge in [0.15, 0.2) is 0 Å². The summed E-state index contributed by atoms with van der Waals surface area (Å²) in [4.78, 5) is 11.1. The quantitative estimate of drug-likeness (QED) is 0.483. The highest BCUT2D eigenvalue weighted by molar-refractivity contribution is 5.87. The van der Waals surface area contributed by atoms with E-state index in [1.807, 2.05) is 6.92 Å². The minimum Gasteiger partial charge on any atom is -0.457 e. The first-order chi connectivity index (χ1) is 6.09. The van der Waals surface area contributed by atoms with Crippen molar-refractivity contribution in [3.8, 4) is 0 Å². The normalized spacial score (nSPS) is 28.2. The summed E-state index contributed by atoms with van der Waals surface area (Å²) in [6, 6.07) is 0. The third kappa shape index (κ3) is 3.19. The third-order valence-corrected chi connectivity index (χ3v) is 2.08. The Hall–Kier alpha value is -0.830. The molecular formula is C10H16O3. The van der Waals surface area contributed by atoms with Crippen LogP contribution in [-0.2, 0) is 14.3 Å². The molecule has 3 heteroatoms. The predicted octanol–water partition coefficient (Wildman–Crippen LogP) is 1.67. The van der Waals surface area contributed by atoms with Gasteiger partial charge in [0.05, 0.1) is 12.7 Å². The molecule has 0 bridgehead atoms. The maximum absolute atomic E-state index is 11.1. The Morgan fingerprint density at radius 2 is 2.23 bits per heavy atom. The van der Waals surface area contributed by atoms with Crippen molar-refractivity contribution >= 4 is 5.97 Å². The molecule has 1 aliphatic heterocycles. The molecule has 0 amide bonds. The average molecular weight is 184 g/mol. The number of hydrogen-bond donors (Lipinski definition) is 0. The van der Waals surface area contributed by atoms with E-state index in [9.17, 15) is 4.79 Å². The predicted molar refractivity (Wildman–Crippen MR) is 49.3 cm³/mol. The van der Waals surface area contributed by atoms with Crippen LogP contribution < -0.4 is 0 Å². The highest BCUT2D eigenvalue weighted by atomic mass is 16.6. The summed E-state index contributed by atoms with van der Waals surface area (Å²) in [6.45, 7) is 7.71. The fourth-order valence-corrected chi connectivity index (χ4v) is 1.20. The van der Waals surface area contributed by atoms with Crippen LogP contribution in [0.3, 0.4) is 0 Å². The van der Waals surface area contributed by atoms with E-state index in [2.05, 4.69) is 6.58 Å². The number of rotatable bonds is 2. The van der Waals surface area contributed by atoms with Crippen molar-refractivity contribution < 1.29 is 14.3 Å². The van der Waals surface area contributed by atoms with Crippen LogP contribution in [0.2, 0.25) is 0 Å². The van der Waals surface area contributed by atoms with Gasteiger partial charge in [-0.25, -0.2) is 4.79 Å². The second kappa shape index (κ2) is 4.42. The molecule has 3 nitrogen and oxygen atoms in total. The number of carbonyl (C=O) groups excluding carboxylic acids is 1. The molecule has 13 heavy (non-hydrogen) atoms. The summed E-state index contributed by atoms with van der Waals surface area (Å²) in [5.41, 5.74) is 0.443. The molecule has 1 aliphatic rings. The molecule has 0 spiro atoms. The smallest absolute Gasteiger partial charge is 0.333 e. The average Bonchev–Trinajstić information content (AvgIpc) is 2.08. The lowest BCUT2D eigenvalue weighted by molar-refractivity contribution is -0.153. The van der Waals surface area contributed by atoms with Gasteiger partial charge >= 0.3 is 5.97 Å². The van der Waals surface area contributed by atoms with Gasteiger partial charge < -0.3 is 9.47 Å². The fraction of sp³-hybridized carbons (Fsp3) is 0.700. The largest absolute Gasteiger partial charge is 0.457 e. The maximum atomic E-state index is 11.1. The van der Waals surface area contributed by atoms with Crippen LogP contribution in [0.25, 0.3) is 0 Å². The van der Waals surface area contributed by atoms with Crippen LogP contribution in [0.15, 0.2) is 12.2 Å². The summed E-state index contributed by atoms with van der Waals surface area (Å²) < 4.78 is 10.5. The monoisotopic (exact) mass is 184 g/mol. The molecule has 0 aromatic heterocycles. The Kier molecular flexibility index (Phi) is 3.48. The zero-order chi connectivity index (χ0) is 9.84. The maximum Gasteiger partial charge on any atom is 0.333 e.